The zero-order chi connectivity index (χ0) is 36.6. The van der Waals surface area contributed by atoms with Gasteiger partial charge in [-0.05, 0) is 0 Å². The lowest BCUT2D eigenvalue weighted by atomic mass is 10.3. The fourth-order valence-corrected chi connectivity index (χ4v) is 4.25. The molecular weight excluding hydrogens is 752 g/mol. The highest BCUT2D eigenvalue weighted by atomic mass is 28.4. The Morgan fingerprint density at radius 1 is 0.250 bits per heavy atom. The van der Waals surface area contributed by atoms with Crippen LogP contribution in [0, 0.1) is 0 Å². The van der Waals surface area contributed by atoms with Crippen molar-refractivity contribution in [3.63, 3.8) is 0 Å². The van der Waals surface area contributed by atoms with Gasteiger partial charge in [-0.15, -0.1) is 0 Å². The summed E-state index contributed by atoms with van der Waals surface area (Å²) >= 11 is 0. The third kappa shape index (κ3) is 6.52. The van der Waals surface area contributed by atoms with Gasteiger partial charge in [0.05, 0.1) is 0 Å². The molecular formula is C12F28O3Si. The quantitative estimate of drug-likeness (QED) is 0.156. The zero-order valence-electron chi connectivity index (χ0n) is 18.3. The maximum absolute atomic E-state index is 14.3. The molecule has 0 saturated heterocycles. The van der Waals surface area contributed by atoms with Crippen LogP contribution in [0.1, 0.15) is 0 Å². The fourth-order valence-electron chi connectivity index (χ4n) is 1.82. The Bertz CT molecular complexity index is 915. The second-order valence-electron chi connectivity index (χ2n) is 7.28. The van der Waals surface area contributed by atoms with Crippen LogP contribution in [0.4, 0.5) is 123 Å². The number of hydrogen-bond donors (Lipinski definition) is 0. The van der Waals surface area contributed by atoms with Gasteiger partial charge < -0.3 is 13.3 Å². The summed E-state index contributed by atoms with van der Waals surface area (Å²) < 4.78 is 367. The largest absolute Gasteiger partial charge is 0.595 e. The van der Waals surface area contributed by atoms with Gasteiger partial charge >= 0.3 is 81.1 Å². The molecule has 0 amide bonds. The van der Waals surface area contributed by atoms with Crippen LogP contribution < -0.4 is 0 Å². The molecule has 0 aliphatic carbocycles. The first kappa shape index (κ1) is 42.1. The van der Waals surface area contributed by atoms with E-state index in [9.17, 15) is 123 Å². The van der Waals surface area contributed by atoms with E-state index in [4.69, 9.17) is 0 Å². The molecule has 0 atom stereocenters. The Hall–Kier alpha value is -1.86. The Morgan fingerprint density at radius 3 is 0.545 bits per heavy atom. The third-order valence-electron chi connectivity index (χ3n) is 4.09. The van der Waals surface area contributed by atoms with Gasteiger partial charge in [-0.25, -0.2) is 0 Å². The minimum atomic E-state index is -11.7. The lowest BCUT2D eigenvalue weighted by Crippen LogP contribution is -2.78. The van der Waals surface area contributed by atoms with Gasteiger partial charge in [-0.1, -0.05) is 0 Å². The third-order valence-corrected chi connectivity index (χ3v) is 6.75. The van der Waals surface area contributed by atoms with Crippen LogP contribution in [0.5, 0.6) is 0 Å². The van der Waals surface area contributed by atoms with Crippen LogP contribution in [0.25, 0.3) is 0 Å². The molecule has 0 unspecified atom stereocenters. The van der Waals surface area contributed by atoms with Crippen LogP contribution in [0.2, 0.25) is 0 Å². The summed E-state index contributed by atoms with van der Waals surface area (Å²) in [5.41, 5.74) is -9.49. The van der Waals surface area contributed by atoms with Gasteiger partial charge in [0.15, 0.2) is 0 Å². The van der Waals surface area contributed by atoms with Gasteiger partial charge in [0.1, 0.15) is 0 Å². The first-order chi connectivity index (χ1) is 18.4. The van der Waals surface area contributed by atoms with Crippen molar-refractivity contribution in [2.24, 2.45) is 0 Å². The molecule has 44 heavy (non-hydrogen) atoms. The van der Waals surface area contributed by atoms with E-state index in [0.717, 1.165) is 13.3 Å². The first-order valence-corrected chi connectivity index (χ1v) is 10.5. The van der Waals surface area contributed by atoms with Gasteiger partial charge in [-0.2, -0.15) is 123 Å². The van der Waals surface area contributed by atoms with E-state index in [2.05, 4.69) is 0 Å². The van der Waals surface area contributed by atoms with E-state index in [1.54, 1.807) is 0 Å². The molecule has 0 aromatic rings. The lowest BCUT2D eigenvalue weighted by Gasteiger charge is -2.45. The van der Waals surface area contributed by atoms with E-state index in [-0.39, 0.29) is 0 Å². The van der Waals surface area contributed by atoms with Gasteiger partial charge in [0.2, 0.25) is 0 Å². The standard InChI is InChI=1S/C12F28O3Si/c13-1(14,5(21,22)23)9(33,34)41-44(12(39,40)4(19,20)8(30,31)32,42-10(35,36)2(15,16)6(24,25)26)43-11(37,38)3(17,18)7(27,28)29. The average Bonchev–Trinajstić information content (AvgIpc) is 2.68. The molecule has 0 aromatic heterocycles. The molecule has 32 heteroatoms. The highest BCUT2D eigenvalue weighted by Gasteiger charge is 2.94. The summed E-state index contributed by atoms with van der Waals surface area (Å²) in [6.45, 7) is 0. The van der Waals surface area contributed by atoms with Crippen molar-refractivity contribution in [2.75, 3.05) is 0 Å². The minimum Gasteiger partial charge on any atom is -0.304 e. The summed E-state index contributed by atoms with van der Waals surface area (Å²) in [5, 5.41) is 0. The van der Waals surface area contributed by atoms with Crippen LogP contribution in [0.15, 0.2) is 0 Å². The fraction of sp³-hybridized carbons (Fsp3) is 1.00. The molecule has 0 saturated carbocycles. The highest BCUT2D eigenvalue weighted by molar-refractivity contribution is 6.64. The van der Waals surface area contributed by atoms with Gasteiger partial charge in [0, 0.05) is 0 Å². The molecule has 0 radical (unpaired) electrons. The van der Waals surface area contributed by atoms with Gasteiger partial charge in [0.25, 0.3) is 0 Å². The van der Waals surface area contributed by atoms with Crippen molar-refractivity contribution in [1.82, 2.24) is 0 Å². The Kier molecular flexibility index (Phi) is 10.1. The Morgan fingerprint density at radius 2 is 0.409 bits per heavy atom. The van der Waals surface area contributed by atoms with Crippen molar-refractivity contribution in [1.29, 1.82) is 0 Å². The summed E-state index contributed by atoms with van der Waals surface area (Å²) in [6.07, 6.45) is -60.3. The van der Waals surface area contributed by atoms with Crippen molar-refractivity contribution in [3.8, 4) is 0 Å². The number of alkyl halides is 28. The highest BCUT2D eigenvalue weighted by Crippen LogP contribution is 2.60. The molecule has 266 valence electrons. The minimum absolute atomic E-state index is 1.05. The van der Waals surface area contributed by atoms with Crippen molar-refractivity contribution in [3.05, 3.63) is 0 Å². The second-order valence-corrected chi connectivity index (χ2v) is 9.63. The Balaban J connectivity index is 8.47. The molecule has 0 aliphatic rings. The predicted octanol–water partition coefficient (Wildman–Crippen LogP) is 8.72. The molecule has 0 fully saturated rings. The van der Waals surface area contributed by atoms with E-state index in [1.165, 1.54) is 0 Å². The van der Waals surface area contributed by atoms with E-state index >= 15 is 0 Å². The summed E-state index contributed by atoms with van der Waals surface area (Å²) in [7, 11) is -11.7. The van der Waals surface area contributed by atoms with Crippen LogP contribution in [-0.4, -0.2) is 81.1 Å². The SMILES string of the molecule is FC(F)(F)C(F)(F)C(F)(F)O[Si](OC(F)(F)C(F)(F)C(F)(F)F)(OC(F)(F)C(F)(F)C(F)(F)F)C(F)(F)C(F)(F)C(F)(F)F. The van der Waals surface area contributed by atoms with Crippen LogP contribution in [0.3, 0.4) is 0 Å². The van der Waals surface area contributed by atoms with Crippen molar-refractivity contribution in [2.45, 2.75) is 72.3 Å². The van der Waals surface area contributed by atoms with Crippen LogP contribution in [-0.2, 0) is 13.3 Å². The summed E-state index contributed by atoms with van der Waals surface area (Å²) in [5.74, 6) is -35.3. The van der Waals surface area contributed by atoms with E-state index in [1.807, 2.05) is 0 Å². The second kappa shape index (κ2) is 10.6. The molecule has 0 aliphatic heterocycles. The zero-order valence-corrected chi connectivity index (χ0v) is 19.3. The molecule has 3 nitrogen and oxygen atoms in total. The maximum atomic E-state index is 14.3. The lowest BCUT2D eigenvalue weighted by molar-refractivity contribution is -0.457. The Labute approximate surface area is 218 Å². The first-order valence-electron chi connectivity index (χ1n) is 8.77. The molecule has 0 bridgehead atoms. The van der Waals surface area contributed by atoms with E-state index in [0.29, 0.717) is 0 Å². The monoisotopic (exact) mass is 752 g/mol. The molecule has 0 N–H and O–H groups in total. The number of hydrogen-bond acceptors (Lipinski definition) is 3. The smallest absolute Gasteiger partial charge is 0.304 e. The number of halogens is 28. The summed E-state index contributed by atoms with van der Waals surface area (Å²) in [4.78, 5) is 0. The van der Waals surface area contributed by atoms with Gasteiger partial charge in [-0.3, -0.25) is 0 Å². The predicted molar refractivity (Wildman–Crippen MR) is 72.8 cm³/mol. The van der Waals surface area contributed by atoms with Crippen molar-refractivity contribution < 1.29 is 136 Å². The van der Waals surface area contributed by atoms with E-state index < -0.39 is 81.1 Å². The topological polar surface area (TPSA) is 27.7 Å². The normalized spacial score (nSPS) is 16.9. The molecule has 0 spiro atoms. The molecule has 0 aromatic carbocycles. The molecule has 0 heterocycles. The van der Waals surface area contributed by atoms with Crippen molar-refractivity contribution >= 4 is 8.80 Å². The average molecular weight is 752 g/mol. The summed E-state index contributed by atoms with van der Waals surface area (Å²) in [6, 6.07) is 0. The maximum Gasteiger partial charge on any atom is 0.595 e. The number of rotatable bonds is 11. The van der Waals surface area contributed by atoms with Crippen LogP contribution >= 0.6 is 0 Å². The molecule has 0 rings (SSSR count).